The summed E-state index contributed by atoms with van der Waals surface area (Å²) in [7, 11) is 0. The van der Waals surface area contributed by atoms with E-state index in [2.05, 4.69) is 10.1 Å². The molecule has 2 aliphatic rings. The molecule has 29 heavy (non-hydrogen) atoms. The number of hydrogen-bond donors (Lipinski definition) is 2. The maximum absolute atomic E-state index is 11.7. The van der Waals surface area contributed by atoms with E-state index in [0.29, 0.717) is 17.5 Å². The van der Waals surface area contributed by atoms with Crippen LogP contribution in [-0.4, -0.2) is 51.0 Å². The molecule has 1 saturated carbocycles. The van der Waals surface area contributed by atoms with Crippen molar-refractivity contribution in [2.45, 2.75) is 38.3 Å². The first-order valence-electron chi connectivity index (χ1n) is 11.3. The number of hydrogen-bond acceptors (Lipinski definition) is 6. The van der Waals surface area contributed by atoms with Gasteiger partial charge in [-0.2, -0.15) is 4.59 Å². The average molecular weight is 402 g/mol. The van der Waals surface area contributed by atoms with Crippen molar-refractivity contribution in [2.75, 3.05) is 18.8 Å². The van der Waals surface area contributed by atoms with Gasteiger partial charge in [-0.15, -0.1) is 0 Å². The van der Waals surface area contributed by atoms with Gasteiger partial charge in [0.1, 0.15) is 26.4 Å². The summed E-state index contributed by atoms with van der Waals surface area (Å²) in [5, 5.41) is 27.0. The molecule has 0 saturated heterocycles. The van der Waals surface area contributed by atoms with Crippen LogP contribution in [0.3, 0.4) is 0 Å². The Morgan fingerprint density at radius 2 is 2.24 bits per heavy atom. The predicted octanol–water partition coefficient (Wildman–Crippen LogP) is 2.80. The lowest BCUT2D eigenvalue weighted by Gasteiger charge is -2.33. The molecule has 3 N–H and O–H groups in total. The quantitative estimate of drug-likeness (QED) is 0.453. The Morgan fingerprint density at radius 1 is 1.45 bits per heavy atom. The zero-order valence-electron chi connectivity index (χ0n) is 19.2. The number of para-hydroxylation sites is 1. The number of benzene rings is 1. The highest BCUT2D eigenvalue weighted by Gasteiger charge is 2.44. The van der Waals surface area contributed by atoms with Crippen LogP contribution in [0.25, 0.3) is 16.5 Å². The van der Waals surface area contributed by atoms with Crippen LogP contribution in [0.15, 0.2) is 41.6 Å². The maximum atomic E-state index is 11.7. The van der Waals surface area contributed by atoms with Crippen molar-refractivity contribution >= 4 is 28.5 Å². The molecule has 1 fully saturated rings. The number of anilines is 1. The van der Waals surface area contributed by atoms with Crippen LogP contribution >= 0.6 is 0 Å². The molecule has 8 heteroatoms. The average Bonchev–Trinajstić information content (AvgIpc) is 3.02. The molecule has 5 atom stereocenters. The number of aliphatic hydroxyl groups excluding tert-OH is 1. The van der Waals surface area contributed by atoms with Crippen LogP contribution in [0.1, 0.15) is 35.9 Å². The lowest BCUT2D eigenvalue weighted by Crippen LogP contribution is -2.48. The summed E-state index contributed by atoms with van der Waals surface area (Å²) >= 11 is 0. The van der Waals surface area contributed by atoms with Crippen molar-refractivity contribution in [3.63, 3.8) is 0 Å². The molecule has 1 aliphatic heterocycles. The zero-order chi connectivity index (χ0) is 23.2. The van der Waals surface area contributed by atoms with Crippen LogP contribution in [-0.2, 0) is 0 Å². The summed E-state index contributed by atoms with van der Waals surface area (Å²) in [6, 6.07) is 8.10. The first-order chi connectivity index (χ1) is 15.2. The molecule has 8 nitrogen and oxygen atoms in total. The number of fused-ring (bicyclic) bond motifs is 1. The fourth-order valence-electron chi connectivity index (χ4n) is 4.07. The van der Waals surface area contributed by atoms with Crippen molar-refractivity contribution in [3.05, 3.63) is 52.2 Å². The summed E-state index contributed by atoms with van der Waals surface area (Å²) in [4.78, 5) is 15.7. The van der Waals surface area contributed by atoms with Gasteiger partial charge in [0.2, 0.25) is 6.04 Å². The third-order valence-corrected chi connectivity index (χ3v) is 5.69. The molecule has 152 valence electrons. The first-order valence-corrected chi connectivity index (χ1v) is 9.75. The second-order valence-electron chi connectivity index (χ2n) is 7.59. The molecule has 0 bridgehead atoms. The number of aromatic nitrogens is 1. The zero-order valence-corrected chi connectivity index (χ0v) is 16.2. The van der Waals surface area contributed by atoms with E-state index in [9.17, 15) is 15.2 Å². The van der Waals surface area contributed by atoms with Gasteiger partial charge in [0.05, 0.1) is 32.0 Å². The van der Waals surface area contributed by atoms with Gasteiger partial charge in [0.15, 0.2) is 0 Å². The lowest BCUT2D eigenvalue weighted by molar-refractivity contribution is -0.887. The highest BCUT2D eigenvalue weighted by molar-refractivity contribution is 6.12. The van der Waals surface area contributed by atoms with Gasteiger partial charge in [-0.1, -0.05) is 23.3 Å². The van der Waals surface area contributed by atoms with Gasteiger partial charge < -0.3 is 10.8 Å². The number of pyridine rings is 1. The van der Waals surface area contributed by atoms with E-state index in [4.69, 9.17) is 9.85 Å². The predicted molar refractivity (Wildman–Crippen MR) is 112 cm³/mol. The van der Waals surface area contributed by atoms with E-state index in [1.807, 2.05) is 24.3 Å². The lowest BCUT2D eigenvalue weighted by atomic mass is 9.82. The minimum Gasteiger partial charge on any atom is -0.393 e. The standard InChI is InChI=1S/C21H26N5O3/c1-2-26(12-15-9-17(27)7-8-20(15)25(28)29)13-16(11-23-26)18-10-14-5-3-4-6-19(14)24-21(18)22/h3-6,10-11,13,15,17,20,27H,2,7-9,12H2,1H3,(H2,22,24)/q+1/i11T,12T,13T. The first kappa shape index (κ1) is 16.0. The number of quaternary nitrogens is 1. The Hall–Kier alpha value is -2.84. The Labute approximate surface area is 173 Å². The van der Waals surface area contributed by atoms with Crippen molar-refractivity contribution in [3.8, 4) is 0 Å². The number of nitrogens with two attached hydrogens (primary N) is 1. The number of aliphatic hydroxyl groups is 1. The van der Waals surface area contributed by atoms with Crippen LogP contribution in [0.5, 0.6) is 0 Å². The van der Waals surface area contributed by atoms with Gasteiger partial charge in [0.25, 0.3) is 0 Å². The molecule has 1 aromatic heterocycles. The Kier molecular flexibility index (Phi) is 4.16. The Morgan fingerprint density at radius 3 is 3.00 bits per heavy atom. The van der Waals surface area contributed by atoms with Crippen LogP contribution in [0, 0.1) is 16.0 Å². The van der Waals surface area contributed by atoms with Crippen LogP contribution < -0.4 is 5.73 Å². The number of nitrogen functional groups attached to an aromatic ring is 1. The summed E-state index contributed by atoms with van der Waals surface area (Å²) in [5.41, 5.74) is 7.42. The van der Waals surface area contributed by atoms with Crippen LogP contribution in [0.2, 0.25) is 0 Å². The van der Waals surface area contributed by atoms with E-state index in [1.54, 1.807) is 13.0 Å². The van der Waals surface area contributed by atoms with Gasteiger partial charge >= 0.3 is 0 Å². The summed E-state index contributed by atoms with van der Waals surface area (Å²) in [6.45, 7) is 0.681. The molecule has 5 unspecified atom stereocenters. The van der Waals surface area contributed by atoms with Gasteiger partial charge in [-0.05, 0) is 31.9 Å². The summed E-state index contributed by atoms with van der Waals surface area (Å²) < 4.78 is 25.8. The topological polar surface area (TPSA) is 115 Å². The Balaban J connectivity index is 1.82. The van der Waals surface area contributed by atoms with E-state index in [1.165, 1.54) is 0 Å². The normalized spacial score (nSPS) is 32.4. The van der Waals surface area contributed by atoms with E-state index >= 15 is 0 Å². The van der Waals surface area contributed by atoms with E-state index in [-0.39, 0.29) is 43.1 Å². The number of rotatable bonds is 5. The van der Waals surface area contributed by atoms with Crippen molar-refractivity contribution in [1.29, 1.82) is 0 Å². The number of allylic oxidation sites excluding steroid dienone is 1. The number of nitrogens with zero attached hydrogens (tertiary/aromatic N) is 4. The Bertz CT molecular complexity index is 1140. The minimum absolute atomic E-state index is 0.0882. The second kappa shape index (κ2) is 7.53. The third-order valence-electron chi connectivity index (χ3n) is 5.69. The number of nitro groups is 1. The summed E-state index contributed by atoms with van der Waals surface area (Å²) in [6.07, 6.45) is -0.482. The van der Waals surface area contributed by atoms with Gasteiger partial charge in [0, 0.05) is 22.3 Å². The van der Waals surface area contributed by atoms with Crippen LogP contribution in [0.4, 0.5) is 5.82 Å². The molecule has 0 radical (unpaired) electrons. The second-order valence-corrected chi connectivity index (χ2v) is 7.59. The van der Waals surface area contributed by atoms with E-state index in [0.717, 1.165) is 5.39 Å². The van der Waals surface area contributed by atoms with Crippen molar-refractivity contribution in [2.24, 2.45) is 11.0 Å². The molecular formula is C21H26N5O3+. The monoisotopic (exact) mass is 402 g/mol. The highest BCUT2D eigenvalue weighted by atomic mass is 16.6. The molecule has 2 aromatic rings. The van der Waals surface area contributed by atoms with E-state index < -0.39 is 34.1 Å². The SMILES string of the molecule is [3H]C1=N[N+](CC)(C([3H])C2CC(O)CCC2[N+](=O)[O-])C([3H])=C1c1cc2ccccc2nc1N. The molecule has 1 aliphatic carbocycles. The fourth-order valence-corrected chi connectivity index (χ4v) is 4.07. The molecule has 0 spiro atoms. The highest BCUT2D eigenvalue weighted by Crippen LogP contribution is 2.34. The molecular weight excluding hydrogens is 370 g/mol. The fraction of sp³-hybridized carbons (Fsp3) is 0.429. The molecule has 0 amide bonds. The van der Waals surface area contributed by atoms with Gasteiger partial charge in [-0.25, -0.2) is 4.98 Å². The van der Waals surface area contributed by atoms with Crippen molar-refractivity contribution < 1.29 is 18.7 Å². The summed E-state index contributed by atoms with van der Waals surface area (Å²) in [5.74, 6) is -0.658. The van der Waals surface area contributed by atoms with Crippen molar-refractivity contribution in [1.82, 2.24) is 4.98 Å². The largest absolute Gasteiger partial charge is 0.393 e. The van der Waals surface area contributed by atoms with Gasteiger partial charge in [-0.3, -0.25) is 10.1 Å². The maximum Gasteiger partial charge on any atom is 0.221 e. The molecule has 2 heterocycles. The molecule has 1 aromatic carbocycles. The third kappa shape index (κ3) is 3.73. The molecule has 4 rings (SSSR count). The minimum atomic E-state index is -1.22. The smallest absolute Gasteiger partial charge is 0.221 e.